The van der Waals surface area contributed by atoms with Crippen molar-refractivity contribution >= 4 is 11.6 Å². The van der Waals surface area contributed by atoms with Crippen molar-refractivity contribution in [1.82, 2.24) is 15.5 Å². The third-order valence-electron chi connectivity index (χ3n) is 4.71. The summed E-state index contributed by atoms with van der Waals surface area (Å²) in [4.78, 5) is 4.46. The number of nitrogens with zero attached hydrogens (tertiary/aromatic N) is 3. The second-order valence-electron chi connectivity index (χ2n) is 8.22. The first kappa shape index (κ1) is 24.6. The lowest BCUT2D eigenvalue weighted by molar-refractivity contribution is 0.241. The van der Waals surface area contributed by atoms with Gasteiger partial charge < -0.3 is 19.3 Å². The highest BCUT2D eigenvalue weighted by Gasteiger charge is 2.16. The summed E-state index contributed by atoms with van der Waals surface area (Å²) in [5.41, 5.74) is 1.67. The SMILES string of the molecule is CC(C)NCCCCOc1ccc(-c2noc(-c3ccc(OC(C)C)c(C#N)c3)n2)c(Cl)c1. The smallest absolute Gasteiger partial charge is 0.258 e. The minimum absolute atomic E-state index is 0.0334. The Labute approximate surface area is 199 Å². The van der Waals surface area contributed by atoms with E-state index >= 15 is 0 Å². The molecule has 0 radical (unpaired) electrons. The summed E-state index contributed by atoms with van der Waals surface area (Å²) in [6.45, 7) is 9.68. The molecule has 0 saturated carbocycles. The highest BCUT2D eigenvalue weighted by molar-refractivity contribution is 6.33. The van der Waals surface area contributed by atoms with Gasteiger partial charge in [-0.05, 0) is 69.6 Å². The van der Waals surface area contributed by atoms with Crippen LogP contribution in [0.3, 0.4) is 0 Å². The maximum Gasteiger partial charge on any atom is 0.258 e. The Hall–Kier alpha value is -3.08. The lowest BCUT2D eigenvalue weighted by Crippen LogP contribution is -2.23. The highest BCUT2D eigenvalue weighted by atomic mass is 35.5. The molecule has 0 saturated heterocycles. The van der Waals surface area contributed by atoms with Crippen molar-refractivity contribution in [3.05, 3.63) is 47.0 Å². The van der Waals surface area contributed by atoms with Gasteiger partial charge in [0.15, 0.2) is 0 Å². The van der Waals surface area contributed by atoms with Gasteiger partial charge in [-0.25, -0.2) is 0 Å². The quantitative estimate of drug-likeness (QED) is 0.351. The fourth-order valence-electron chi connectivity index (χ4n) is 3.13. The van der Waals surface area contributed by atoms with Gasteiger partial charge in [0, 0.05) is 17.2 Å². The molecule has 3 rings (SSSR count). The van der Waals surface area contributed by atoms with E-state index in [9.17, 15) is 5.26 Å². The number of benzene rings is 2. The van der Waals surface area contributed by atoms with E-state index < -0.39 is 0 Å². The van der Waals surface area contributed by atoms with Crippen LogP contribution in [-0.4, -0.2) is 35.4 Å². The van der Waals surface area contributed by atoms with Crippen LogP contribution in [0, 0.1) is 11.3 Å². The van der Waals surface area contributed by atoms with Crippen molar-refractivity contribution in [2.75, 3.05) is 13.2 Å². The van der Waals surface area contributed by atoms with Gasteiger partial charge in [0.1, 0.15) is 17.6 Å². The van der Waals surface area contributed by atoms with Crippen LogP contribution in [0.4, 0.5) is 0 Å². The van der Waals surface area contributed by atoms with Gasteiger partial charge >= 0.3 is 0 Å². The first-order valence-electron chi connectivity index (χ1n) is 11.1. The third kappa shape index (κ3) is 6.95. The van der Waals surface area contributed by atoms with Crippen LogP contribution in [-0.2, 0) is 0 Å². The predicted molar refractivity (Wildman–Crippen MR) is 129 cm³/mol. The summed E-state index contributed by atoms with van der Waals surface area (Å²) >= 11 is 6.46. The fraction of sp³-hybridized carbons (Fsp3) is 0.400. The molecule has 7 nitrogen and oxygen atoms in total. The van der Waals surface area contributed by atoms with E-state index in [0.29, 0.717) is 57.6 Å². The van der Waals surface area contributed by atoms with E-state index in [1.54, 1.807) is 24.3 Å². The molecule has 174 valence electrons. The maximum atomic E-state index is 9.45. The summed E-state index contributed by atoms with van der Waals surface area (Å²) in [5.74, 6) is 1.88. The summed E-state index contributed by atoms with van der Waals surface area (Å²) in [5, 5.41) is 17.4. The van der Waals surface area contributed by atoms with Crippen LogP contribution < -0.4 is 14.8 Å². The highest BCUT2D eigenvalue weighted by Crippen LogP contribution is 2.32. The molecule has 1 heterocycles. The fourth-order valence-corrected chi connectivity index (χ4v) is 3.39. The monoisotopic (exact) mass is 468 g/mol. The van der Waals surface area contributed by atoms with E-state index in [0.717, 1.165) is 19.4 Å². The minimum Gasteiger partial charge on any atom is -0.494 e. The van der Waals surface area contributed by atoms with E-state index in [1.807, 2.05) is 26.0 Å². The van der Waals surface area contributed by atoms with Crippen molar-refractivity contribution in [3.8, 4) is 40.4 Å². The molecule has 0 unspecified atom stereocenters. The van der Waals surface area contributed by atoms with Crippen LogP contribution in [0.1, 0.15) is 46.1 Å². The standard InChI is InChI=1S/C25H29ClN4O3/c1-16(2)28-11-5-6-12-31-20-8-9-21(22(26)14-20)24-29-25(33-30-24)18-7-10-23(32-17(3)4)19(13-18)15-27/h7-10,13-14,16-17,28H,5-6,11-12H2,1-4H3. The minimum atomic E-state index is -0.0334. The Morgan fingerprint density at radius 3 is 2.64 bits per heavy atom. The molecule has 0 fully saturated rings. The zero-order valence-corrected chi connectivity index (χ0v) is 20.1. The molecule has 0 aliphatic rings. The first-order chi connectivity index (χ1) is 15.9. The third-order valence-corrected chi connectivity index (χ3v) is 5.02. The van der Waals surface area contributed by atoms with Gasteiger partial charge in [0.2, 0.25) is 5.82 Å². The average molecular weight is 469 g/mol. The number of halogens is 1. The normalized spacial score (nSPS) is 11.1. The van der Waals surface area contributed by atoms with Crippen molar-refractivity contribution in [3.63, 3.8) is 0 Å². The first-order valence-corrected chi connectivity index (χ1v) is 11.5. The van der Waals surface area contributed by atoms with E-state index in [1.165, 1.54) is 0 Å². The second kappa shape index (κ2) is 11.7. The molecule has 0 aliphatic carbocycles. The van der Waals surface area contributed by atoms with Gasteiger partial charge in [0.05, 0.1) is 23.3 Å². The molecule has 0 amide bonds. The van der Waals surface area contributed by atoms with E-state index in [4.69, 9.17) is 25.6 Å². The number of nitriles is 1. The molecule has 1 aromatic heterocycles. The van der Waals surface area contributed by atoms with Crippen LogP contribution in [0.2, 0.25) is 5.02 Å². The second-order valence-corrected chi connectivity index (χ2v) is 8.63. The number of ether oxygens (including phenoxy) is 2. The molecule has 0 bridgehead atoms. The van der Waals surface area contributed by atoms with Gasteiger partial charge in [-0.2, -0.15) is 10.2 Å². The summed E-state index contributed by atoms with van der Waals surface area (Å²) in [6, 6.07) is 13.2. The van der Waals surface area contributed by atoms with Crippen LogP contribution >= 0.6 is 11.6 Å². The summed E-state index contributed by atoms with van der Waals surface area (Å²) in [6.07, 6.45) is 1.97. The number of nitrogens with one attached hydrogen (secondary N) is 1. The van der Waals surface area contributed by atoms with Gasteiger partial charge in [-0.1, -0.05) is 30.6 Å². The Morgan fingerprint density at radius 2 is 1.94 bits per heavy atom. The molecule has 2 aromatic carbocycles. The van der Waals surface area contributed by atoms with Crippen molar-refractivity contribution in [2.45, 2.75) is 52.7 Å². The number of aromatic nitrogens is 2. The molecular weight excluding hydrogens is 440 g/mol. The topological polar surface area (TPSA) is 93.2 Å². The van der Waals surface area contributed by atoms with Crippen molar-refractivity contribution < 1.29 is 14.0 Å². The van der Waals surface area contributed by atoms with Crippen molar-refractivity contribution in [2.24, 2.45) is 0 Å². The Morgan fingerprint density at radius 1 is 1.12 bits per heavy atom. The molecule has 3 aromatic rings. The van der Waals surface area contributed by atoms with E-state index in [-0.39, 0.29) is 6.10 Å². The van der Waals surface area contributed by atoms with Gasteiger partial charge in [-0.15, -0.1) is 0 Å². The summed E-state index contributed by atoms with van der Waals surface area (Å²) < 4.78 is 16.9. The average Bonchev–Trinajstić information content (AvgIpc) is 3.26. The number of rotatable bonds is 11. The number of hydrogen-bond acceptors (Lipinski definition) is 7. The summed E-state index contributed by atoms with van der Waals surface area (Å²) in [7, 11) is 0. The maximum absolute atomic E-state index is 9.45. The van der Waals surface area contributed by atoms with Crippen LogP contribution in [0.5, 0.6) is 11.5 Å². The lowest BCUT2D eigenvalue weighted by Gasteiger charge is -2.11. The largest absolute Gasteiger partial charge is 0.494 e. The van der Waals surface area contributed by atoms with E-state index in [2.05, 4.69) is 35.4 Å². The molecule has 1 N–H and O–H groups in total. The van der Waals surface area contributed by atoms with Crippen LogP contribution in [0.15, 0.2) is 40.9 Å². The molecule has 0 aliphatic heterocycles. The Bertz CT molecular complexity index is 1110. The van der Waals surface area contributed by atoms with Crippen LogP contribution in [0.25, 0.3) is 22.8 Å². The number of hydrogen-bond donors (Lipinski definition) is 1. The molecule has 8 heteroatoms. The molecule has 0 atom stereocenters. The van der Waals surface area contributed by atoms with Gasteiger partial charge in [0.25, 0.3) is 5.89 Å². The number of unbranched alkanes of at least 4 members (excludes halogenated alkanes) is 1. The zero-order chi connectivity index (χ0) is 23.8. The zero-order valence-electron chi connectivity index (χ0n) is 19.4. The Balaban J connectivity index is 1.66. The van der Waals surface area contributed by atoms with Gasteiger partial charge in [-0.3, -0.25) is 0 Å². The predicted octanol–water partition coefficient (Wildman–Crippen LogP) is 5.87. The molecule has 33 heavy (non-hydrogen) atoms. The van der Waals surface area contributed by atoms with Crippen molar-refractivity contribution in [1.29, 1.82) is 5.26 Å². The molecular formula is C25H29ClN4O3. The lowest BCUT2D eigenvalue weighted by atomic mass is 10.1. The molecule has 0 spiro atoms. The Kier molecular flexibility index (Phi) is 8.70.